The molecular weight excluding hydrogens is 344 g/mol. The van der Waals surface area contributed by atoms with Crippen molar-refractivity contribution in [1.82, 2.24) is 0 Å². The molecule has 3 aromatic rings. The van der Waals surface area contributed by atoms with Gasteiger partial charge in [0.15, 0.2) is 0 Å². The predicted octanol–water partition coefficient (Wildman–Crippen LogP) is 6.76. The summed E-state index contributed by atoms with van der Waals surface area (Å²) >= 11 is 3.63. The Kier molecular flexibility index (Phi) is 4.15. The number of alkyl halides is 1. The number of hydrogen-bond donors (Lipinski definition) is 0. The Bertz CT molecular complexity index is 863. The maximum absolute atomic E-state index is 3.63. The van der Waals surface area contributed by atoms with E-state index in [2.05, 4.69) is 65.3 Å². The smallest absolute Gasteiger partial charge is 0.00720 e. The third-order valence-corrected chi connectivity index (χ3v) is 5.95. The largest absolute Gasteiger partial charge is 0.0924 e. The Morgan fingerprint density at radius 1 is 1.00 bits per heavy atom. The third kappa shape index (κ3) is 2.50. The van der Waals surface area contributed by atoms with Crippen LogP contribution in [0.25, 0.3) is 21.5 Å². The van der Waals surface area contributed by atoms with Crippen LogP contribution in [0.4, 0.5) is 0 Å². The lowest BCUT2D eigenvalue weighted by Crippen LogP contribution is -2.09. The molecular formula is C22H23Br. The first kappa shape index (κ1) is 15.2. The number of halogens is 1. The van der Waals surface area contributed by atoms with Crippen LogP contribution in [0.15, 0.2) is 42.5 Å². The van der Waals surface area contributed by atoms with Crippen LogP contribution in [0, 0.1) is 0 Å². The summed E-state index contributed by atoms with van der Waals surface area (Å²) < 4.78 is 0. The van der Waals surface area contributed by atoms with E-state index in [0.29, 0.717) is 0 Å². The zero-order valence-electron chi connectivity index (χ0n) is 13.7. The second-order valence-corrected chi connectivity index (χ2v) is 7.54. The molecule has 0 bridgehead atoms. The monoisotopic (exact) mass is 366 g/mol. The van der Waals surface area contributed by atoms with Crippen molar-refractivity contribution in [2.24, 2.45) is 0 Å². The molecule has 0 aliphatic heterocycles. The molecule has 0 heterocycles. The van der Waals surface area contributed by atoms with Crippen LogP contribution in [0.3, 0.4) is 0 Å². The third-order valence-electron chi connectivity index (χ3n) is 5.55. The summed E-state index contributed by atoms with van der Waals surface area (Å²) in [5, 5.41) is 6.81. The molecule has 4 rings (SSSR count). The molecule has 23 heavy (non-hydrogen) atoms. The van der Waals surface area contributed by atoms with Crippen LogP contribution in [0.2, 0.25) is 0 Å². The second kappa shape index (κ2) is 6.28. The minimum Gasteiger partial charge on any atom is -0.0924 e. The number of rotatable bonds is 3. The molecule has 0 aromatic heterocycles. The fourth-order valence-electron chi connectivity index (χ4n) is 4.41. The van der Waals surface area contributed by atoms with Gasteiger partial charge < -0.3 is 0 Å². The Labute approximate surface area is 147 Å². The molecule has 3 aromatic carbocycles. The maximum atomic E-state index is 3.63. The Balaban J connectivity index is 2.07. The second-order valence-electron chi connectivity index (χ2n) is 6.75. The van der Waals surface area contributed by atoms with E-state index in [9.17, 15) is 0 Å². The number of fused-ring (bicyclic) bond motifs is 5. The predicted molar refractivity (Wildman–Crippen MR) is 105 cm³/mol. The molecule has 1 unspecified atom stereocenters. The molecule has 1 aliphatic rings. The van der Waals surface area contributed by atoms with Gasteiger partial charge in [-0.2, -0.15) is 0 Å². The zero-order chi connectivity index (χ0) is 15.8. The Morgan fingerprint density at radius 3 is 2.57 bits per heavy atom. The van der Waals surface area contributed by atoms with Gasteiger partial charge in [-0.15, -0.1) is 0 Å². The molecule has 0 spiro atoms. The van der Waals surface area contributed by atoms with Gasteiger partial charge in [0.25, 0.3) is 0 Å². The van der Waals surface area contributed by atoms with Crippen molar-refractivity contribution in [3.8, 4) is 0 Å². The maximum Gasteiger partial charge on any atom is 0.00720 e. The molecule has 1 atom stereocenters. The SMILES string of the molecule is CCC1CCCc2c1ccc1c2cc(CCBr)c2ccccc21. The minimum atomic E-state index is 0.759. The molecule has 118 valence electrons. The van der Waals surface area contributed by atoms with Gasteiger partial charge in [-0.25, -0.2) is 0 Å². The van der Waals surface area contributed by atoms with Crippen molar-refractivity contribution >= 4 is 37.5 Å². The zero-order valence-corrected chi connectivity index (χ0v) is 15.3. The average molecular weight is 367 g/mol. The molecule has 0 saturated carbocycles. The summed E-state index contributed by atoms with van der Waals surface area (Å²) in [6, 6.07) is 16.2. The average Bonchev–Trinajstić information content (AvgIpc) is 2.61. The molecule has 0 amide bonds. The van der Waals surface area contributed by atoms with Gasteiger partial charge in [0.1, 0.15) is 0 Å². The van der Waals surface area contributed by atoms with Crippen LogP contribution >= 0.6 is 15.9 Å². The summed E-state index contributed by atoms with van der Waals surface area (Å²) in [5.74, 6) is 0.759. The van der Waals surface area contributed by atoms with Gasteiger partial charge in [-0.1, -0.05) is 65.3 Å². The van der Waals surface area contributed by atoms with E-state index in [0.717, 1.165) is 17.7 Å². The van der Waals surface area contributed by atoms with Crippen molar-refractivity contribution in [2.45, 2.75) is 44.9 Å². The Morgan fingerprint density at radius 2 is 1.78 bits per heavy atom. The van der Waals surface area contributed by atoms with Gasteiger partial charge in [0, 0.05) is 5.33 Å². The van der Waals surface area contributed by atoms with E-state index in [4.69, 9.17) is 0 Å². The lowest BCUT2D eigenvalue weighted by atomic mass is 9.78. The highest BCUT2D eigenvalue weighted by atomic mass is 79.9. The fraction of sp³-hybridized carbons (Fsp3) is 0.364. The molecule has 1 heteroatoms. The lowest BCUT2D eigenvalue weighted by Gasteiger charge is -2.26. The minimum absolute atomic E-state index is 0.759. The van der Waals surface area contributed by atoms with Gasteiger partial charge in [0.2, 0.25) is 0 Å². The fourth-order valence-corrected chi connectivity index (χ4v) is 4.83. The van der Waals surface area contributed by atoms with Gasteiger partial charge >= 0.3 is 0 Å². The van der Waals surface area contributed by atoms with Crippen LogP contribution in [-0.4, -0.2) is 5.33 Å². The van der Waals surface area contributed by atoms with Crippen molar-refractivity contribution in [3.63, 3.8) is 0 Å². The van der Waals surface area contributed by atoms with E-state index in [1.54, 1.807) is 11.1 Å². The van der Waals surface area contributed by atoms with Crippen LogP contribution < -0.4 is 0 Å². The van der Waals surface area contributed by atoms with Crippen molar-refractivity contribution in [1.29, 1.82) is 0 Å². The van der Waals surface area contributed by atoms with E-state index in [1.165, 1.54) is 52.8 Å². The summed E-state index contributed by atoms with van der Waals surface area (Å²) in [5.41, 5.74) is 4.73. The highest BCUT2D eigenvalue weighted by molar-refractivity contribution is 9.09. The first-order chi connectivity index (χ1) is 11.3. The highest BCUT2D eigenvalue weighted by Crippen LogP contribution is 2.40. The van der Waals surface area contributed by atoms with Crippen LogP contribution in [-0.2, 0) is 12.8 Å². The van der Waals surface area contributed by atoms with Crippen molar-refractivity contribution < 1.29 is 0 Å². The van der Waals surface area contributed by atoms with Gasteiger partial charge in [-0.3, -0.25) is 0 Å². The lowest BCUT2D eigenvalue weighted by molar-refractivity contribution is 0.542. The number of benzene rings is 3. The van der Waals surface area contributed by atoms with Gasteiger partial charge in [0.05, 0.1) is 0 Å². The van der Waals surface area contributed by atoms with Crippen LogP contribution in [0.5, 0.6) is 0 Å². The van der Waals surface area contributed by atoms with E-state index in [1.807, 2.05) is 0 Å². The summed E-state index contributed by atoms with van der Waals surface area (Å²) in [6.45, 7) is 2.33. The van der Waals surface area contributed by atoms with Crippen molar-refractivity contribution in [2.75, 3.05) is 5.33 Å². The molecule has 0 nitrogen and oxygen atoms in total. The van der Waals surface area contributed by atoms with E-state index >= 15 is 0 Å². The molecule has 0 N–H and O–H groups in total. The summed E-state index contributed by atoms with van der Waals surface area (Å²) in [4.78, 5) is 0. The quantitative estimate of drug-likeness (QED) is 0.354. The van der Waals surface area contributed by atoms with Crippen LogP contribution in [0.1, 0.15) is 48.8 Å². The standard InChI is InChI=1S/C22H23Br/c1-2-15-6-5-9-20-18(15)10-11-21-19-8-4-3-7-17(19)16(12-13-23)14-22(20)21/h3-4,7-8,10-11,14-15H,2,5-6,9,12-13H2,1H3. The first-order valence-corrected chi connectivity index (χ1v) is 9.97. The van der Waals surface area contributed by atoms with E-state index in [-0.39, 0.29) is 0 Å². The van der Waals surface area contributed by atoms with E-state index < -0.39 is 0 Å². The normalized spacial score (nSPS) is 17.6. The molecule has 1 aliphatic carbocycles. The Hall–Kier alpha value is -1.34. The van der Waals surface area contributed by atoms with Crippen molar-refractivity contribution in [3.05, 3.63) is 59.2 Å². The highest BCUT2D eigenvalue weighted by Gasteiger charge is 2.21. The number of aryl methyl sites for hydroxylation is 2. The topological polar surface area (TPSA) is 0 Å². The number of hydrogen-bond acceptors (Lipinski definition) is 0. The molecule has 0 saturated heterocycles. The van der Waals surface area contributed by atoms with Gasteiger partial charge in [-0.05, 0) is 76.3 Å². The summed E-state index contributed by atoms with van der Waals surface area (Å²) in [7, 11) is 0. The summed E-state index contributed by atoms with van der Waals surface area (Å²) in [6.07, 6.45) is 6.30. The molecule has 0 radical (unpaired) electrons. The molecule has 0 fully saturated rings. The first-order valence-electron chi connectivity index (χ1n) is 8.85.